The normalized spacial score (nSPS) is 13.9. The first-order valence-electron chi connectivity index (χ1n) is 11.4. The van der Waals surface area contributed by atoms with E-state index in [1.165, 1.54) is 5.56 Å². The quantitative estimate of drug-likeness (QED) is 0.442. The summed E-state index contributed by atoms with van der Waals surface area (Å²) in [5.41, 5.74) is 4.19. The van der Waals surface area contributed by atoms with Crippen LogP contribution in [0.25, 0.3) is 0 Å². The molecule has 0 aromatic heterocycles. The molecule has 0 amide bonds. The molecular weight excluding hydrogens is 390 g/mol. The second-order valence-electron chi connectivity index (χ2n) is 10.7. The summed E-state index contributed by atoms with van der Waals surface area (Å²) in [6.07, 6.45) is 0.951. The molecule has 3 aromatic rings. The first-order chi connectivity index (χ1) is 14.9. The lowest BCUT2D eigenvalue weighted by molar-refractivity contribution is 0.422. The molecule has 2 nitrogen and oxygen atoms in total. The molecule has 3 aromatic carbocycles. The number of hydrogen-bond acceptors (Lipinski definition) is 2. The Labute approximate surface area is 193 Å². The fourth-order valence-corrected chi connectivity index (χ4v) is 4.37. The molecule has 0 saturated carbocycles. The smallest absolute Gasteiger partial charge is 0.132 e. The molecule has 0 aliphatic carbocycles. The molecule has 166 valence electrons. The summed E-state index contributed by atoms with van der Waals surface area (Å²) < 4.78 is 0. The number of aryl methyl sites for hydroxylation is 1. The fourth-order valence-electron chi connectivity index (χ4n) is 4.37. The third-order valence-electron chi connectivity index (χ3n) is 6.33. The van der Waals surface area contributed by atoms with Gasteiger partial charge in [0.15, 0.2) is 0 Å². The Hall–Kier alpha value is -3.05. The van der Waals surface area contributed by atoms with Crippen molar-refractivity contribution in [1.82, 2.24) is 0 Å². The zero-order valence-corrected chi connectivity index (χ0v) is 20.5. The van der Waals surface area contributed by atoms with Gasteiger partial charge in [0.2, 0.25) is 0 Å². The highest BCUT2D eigenvalue weighted by Crippen LogP contribution is 2.46. The van der Waals surface area contributed by atoms with E-state index in [4.69, 9.17) is 0 Å². The molecule has 0 saturated heterocycles. The van der Waals surface area contributed by atoms with Crippen molar-refractivity contribution in [1.29, 1.82) is 5.26 Å². The lowest BCUT2D eigenvalue weighted by Gasteiger charge is -2.34. The van der Waals surface area contributed by atoms with Crippen molar-refractivity contribution < 1.29 is 5.11 Å². The molecule has 1 atom stereocenters. The van der Waals surface area contributed by atoms with E-state index in [0.717, 1.165) is 34.2 Å². The largest absolute Gasteiger partial charge is 0.507 e. The number of nitrogens with zero attached hydrogens (tertiary/aromatic N) is 1. The van der Waals surface area contributed by atoms with Crippen LogP contribution < -0.4 is 0 Å². The Kier molecular flexibility index (Phi) is 6.25. The van der Waals surface area contributed by atoms with Crippen molar-refractivity contribution in [3.63, 3.8) is 0 Å². The molecule has 0 aliphatic heterocycles. The van der Waals surface area contributed by atoms with Crippen LogP contribution in [0, 0.1) is 11.3 Å². The predicted molar refractivity (Wildman–Crippen MR) is 133 cm³/mol. The highest BCUT2D eigenvalue weighted by atomic mass is 16.3. The summed E-state index contributed by atoms with van der Waals surface area (Å²) in [5, 5.41) is 22.1. The highest BCUT2D eigenvalue weighted by Gasteiger charge is 2.39. The van der Waals surface area contributed by atoms with Crippen molar-refractivity contribution in [2.75, 3.05) is 0 Å². The van der Waals surface area contributed by atoms with Crippen LogP contribution in [0.2, 0.25) is 0 Å². The minimum atomic E-state index is -0.985. The van der Waals surface area contributed by atoms with Crippen LogP contribution >= 0.6 is 0 Å². The van der Waals surface area contributed by atoms with Crippen LogP contribution in [0.15, 0.2) is 66.7 Å². The van der Waals surface area contributed by atoms with Crippen molar-refractivity contribution >= 4 is 0 Å². The minimum Gasteiger partial charge on any atom is -0.507 e. The van der Waals surface area contributed by atoms with E-state index in [-0.39, 0.29) is 10.8 Å². The van der Waals surface area contributed by atoms with Gasteiger partial charge in [0, 0.05) is 0 Å². The Bertz CT molecular complexity index is 1090. The standard InChI is InChI=1S/C30H35NO/c1-8-21-14-16-23(17-15-21)30(20-31,22-12-10-9-11-13-22)24-18-25(28(2,3)4)27(32)26(19-24)29(5,6)7/h9-19,32H,8H2,1-7H3. The van der Waals surface area contributed by atoms with Crippen molar-refractivity contribution in [2.24, 2.45) is 0 Å². The summed E-state index contributed by atoms with van der Waals surface area (Å²) in [5.74, 6) is 0.329. The molecule has 2 heteroatoms. The van der Waals surface area contributed by atoms with Crippen molar-refractivity contribution in [2.45, 2.75) is 71.1 Å². The molecule has 0 aliphatic rings. The number of phenolic OH excluding ortho intramolecular Hbond substituents is 1. The molecule has 0 spiro atoms. The van der Waals surface area contributed by atoms with E-state index in [1.807, 2.05) is 42.5 Å². The zero-order valence-electron chi connectivity index (χ0n) is 20.5. The highest BCUT2D eigenvalue weighted by molar-refractivity contribution is 5.61. The van der Waals surface area contributed by atoms with E-state index in [0.29, 0.717) is 5.75 Å². The molecule has 0 radical (unpaired) electrons. The van der Waals surface area contributed by atoms with E-state index in [9.17, 15) is 10.4 Å². The van der Waals surface area contributed by atoms with Crippen molar-refractivity contribution in [3.05, 3.63) is 100 Å². The van der Waals surface area contributed by atoms with E-state index in [1.54, 1.807) is 0 Å². The summed E-state index contributed by atoms with van der Waals surface area (Å²) >= 11 is 0. The fraction of sp³-hybridized carbons (Fsp3) is 0.367. The van der Waals surface area contributed by atoms with Gasteiger partial charge in [-0.15, -0.1) is 0 Å². The average molecular weight is 426 g/mol. The Morgan fingerprint density at radius 1 is 0.719 bits per heavy atom. The third kappa shape index (κ3) is 4.17. The molecule has 1 unspecified atom stereocenters. The SMILES string of the molecule is CCc1ccc(C(C#N)(c2ccccc2)c2cc(C(C)(C)C)c(O)c(C(C)(C)C)c2)cc1. The van der Waals surface area contributed by atoms with Crippen LogP contribution in [-0.4, -0.2) is 5.11 Å². The van der Waals surface area contributed by atoms with Gasteiger partial charge in [0.25, 0.3) is 0 Å². The molecule has 3 rings (SSSR count). The summed E-state index contributed by atoms with van der Waals surface area (Å²) in [6, 6.07) is 25.1. The van der Waals surface area contributed by atoms with Crippen LogP contribution in [0.5, 0.6) is 5.75 Å². The van der Waals surface area contributed by atoms with Gasteiger partial charge in [-0.05, 0) is 62.8 Å². The van der Waals surface area contributed by atoms with Gasteiger partial charge in [-0.2, -0.15) is 5.26 Å². The van der Waals surface area contributed by atoms with E-state index < -0.39 is 5.41 Å². The van der Waals surface area contributed by atoms with Gasteiger partial charge >= 0.3 is 0 Å². The Morgan fingerprint density at radius 2 is 1.19 bits per heavy atom. The first kappa shape index (κ1) is 23.6. The Morgan fingerprint density at radius 3 is 1.59 bits per heavy atom. The Balaban J connectivity index is 2.46. The van der Waals surface area contributed by atoms with Gasteiger partial charge in [0.05, 0.1) is 6.07 Å². The first-order valence-corrected chi connectivity index (χ1v) is 11.4. The average Bonchev–Trinajstić information content (AvgIpc) is 2.75. The monoisotopic (exact) mass is 425 g/mol. The number of aromatic hydroxyl groups is 1. The molecule has 0 fully saturated rings. The number of phenols is 1. The van der Waals surface area contributed by atoms with Gasteiger partial charge in [0.1, 0.15) is 11.2 Å². The number of nitriles is 1. The van der Waals surface area contributed by atoms with Gasteiger partial charge in [-0.3, -0.25) is 0 Å². The molecule has 0 bridgehead atoms. The summed E-state index contributed by atoms with van der Waals surface area (Å²) in [7, 11) is 0. The molecular formula is C30H35NO. The number of hydrogen-bond donors (Lipinski definition) is 1. The molecule has 32 heavy (non-hydrogen) atoms. The maximum atomic E-state index is 11.2. The molecule has 1 N–H and O–H groups in total. The van der Waals surface area contributed by atoms with Crippen LogP contribution in [0.3, 0.4) is 0 Å². The maximum absolute atomic E-state index is 11.2. The predicted octanol–water partition coefficient (Wildman–Crippen LogP) is 7.41. The summed E-state index contributed by atoms with van der Waals surface area (Å²) in [6.45, 7) is 14.7. The van der Waals surface area contributed by atoms with Gasteiger partial charge in [-0.25, -0.2) is 0 Å². The maximum Gasteiger partial charge on any atom is 0.132 e. The third-order valence-corrected chi connectivity index (χ3v) is 6.33. The second-order valence-corrected chi connectivity index (χ2v) is 10.7. The van der Waals surface area contributed by atoms with Gasteiger partial charge in [-0.1, -0.05) is 103 Å². The lowest BCUT2D eigenvalue weighted by atomic mass is 9.67. The van der Waals surface area contributed by atoms with E-state index >= 15 is 0 Å². The number of rotatable bonds is 4. The van der Waals surface area contributed by atoms with Gasteiger partial charge < -0.3 is 5.11 Å². The summed E-state index contributed by atoms with van der Waals surface area (Å²) in [4.78, 5) is 0. The van der Waals surface area contributed by atoms with Crippen LogP contribution in [0.1, 0.15) is 81.8 Å². The van der Waals surface area contributed by atoms with E-state index in [2.05, 4.69) is 78.8 Å². The second kappa shape index (κ2) is 8.47. The lowest BCUT2D eigenvalue weighted by Crippen LogP contribution is -2.29. The van der Waals surface area contributed by atoms with Crippen molar-refractivity contribution in [3.8, 4) is 11.8 Å². The zero-order chi connectivity index (χ0) is 23.7. The topological polar surface area (TPSA) is 44.0 Å². The number of benzene rings is 3. The van der Waals surface area contributed by atoms with Crippen LogP contribution in [-0.2, 0) is 22.7 Å². The minimum absolute atomic E-state index is 0.274. The molecule has 0 heterocycles. The van der Waals surface area contributed by atoms with Crippen LogP contribution in [0.4, 0.5) is 0 Å².